The Hall–Kier alpha value is -4.24. The number of aromatic nitrogens is 1. The highest BCUT2D eigenvalue weighted by Gasteiger charge is 2.44. The van der Waals surface area contributed by atoms with Crippen molar-refractivity contribution >= 4 is 27.7 Å². The van der Waals surface area contributed by atoms with Gasteiger partial charge in [0.2, 0.25) is 5.69 Å². The number of nitrogens with zero attached hydrogens (tertiary/aromatic N) is 2. The Morgan fingerprint density at radius 3 is 2.76 bits per heavy atom. The summed E-state index contributed by atoms with van der Waals surface area (Å²) >= 11 is 0. The third kappa shape index (κ3) is 2.96. The average molecular weight is 494 g/mol. The highest BCUT2D eigenvalue weighted by molar-refractivity contribution is 6.12. The highest BCUT2D eigenvalue weighted by atomic mass is 16.3. The SMILES string of the molecule is C=CC1=NC2C3C=C(Cc4cc(C)c5c(oc6ccccc65)c4-c4ccc(C)c[n+]4C3)C2c2ccccc21. The van der Waals surface area contributed by atoms with Crippen molar-refractivity contribution in [2.45, 2.75) is 38.8 Å². The van der Waals surface area contributed by atoms with Crippen LogP contribution in [0.1, 0.15) is 33.7 Å². The summed E-state index contributed by atoms with van der Waals surface area (Å²) < 4.78 is 9.11. The van der Waals surface area contributed by atoms with Gasteiger partial charge in [-0.3, -0.25) is 4.99 Å². The minimum Gasteiger partial charge on any atom is -0.455 e. The maximum Gasteiger partial charge on any atom is 0.216 e. The van der Waals surface area contributed by atoms with Crippen LogP contribution in [0.15, 0.2) is 107 Å². The molecule has 3 nitrogen and oxygen atoms in total. The predicted octanol–water partition coefficient (Wildman–Crippen LogP) is 7.41. The van der Waals surface area contributed by atoms with Gasteiger partial charge in [-0.05, 0) is 55.2 Å². The first kappa shape index (κ1) is 21.8. The molecule has 0 spiro atoms. The van der Waals surface area contributed by atoms with E-state index >= 15 is 0 Å². The van der Waals surface area contributed by atoms with E-state index in [1.807, 2.05) is 6.08 Å². The van der Waals surface area contributed by atoms with E-state index in [4.69, 9.17) is 9.41 Å². The molecule has 184 valence electrons. The van der Waals surface area contributed by atoms with E-state index in [0.29, 0.717) is 5.92 Å². The van der Waals surface area contributed by atoms with E-state index in [0.717, 1.165) is 29.8 Å². The van der Waals surface area contributed by atoms with E-state index in [2.05, 4.69) is 104 Å². The summed E-state index contributed by atoms with van der Waals surface area (Å²) in [6.45, 7) is 9.39. The number of rotatable bonds is 1. The first-order chi connectivity index (χ1) is 18.6. The number of pyridine rings is 1. The molecule has 0 radical (unpaired) electrons. The van der Waals surface area contributed by atoms with Gasteiger partial charge in [0.1, 0.15) is 11.2 Å². The standard InChI is InChI=1S/C35H29N2O/c1-4-28-25-9-5-6-10-26(25)32-23-16-22-15-21(3)31-27-11-7-8-12-30(27)38-35(31)33(22)29-14-13-20(2)18-37(29)19-24(17-23)34(32)36-28/h4-15,17-18,24,32,34H,1,16,19H2,2-3H3/q+1. The molecule has 8 rings (SSSR count). The zero-order valence-electron chi connectivity index (χ0n) is 21.7. The molecule has 38 heavy (non-hydrogen) atoms. The number of benzene rings is 3. The average Bonchev–Trinajstić information content (AvgIpc) is 3.49. The summed E-state index contributed by atoms with van der Waals surface area (Å²) in [6, 6.07) is 24.3. The lowest BCUT2D eigenvalue weighted by Gasteiger charge is -2.31. The van der Waals surface area contributed by atoms with Crippen molar-refractivity contribution in [3.63, 3.8) is 0 Å². The lowest BCUT2D eigenvalue weighted by Crippen LogP contribution is -2.43. The van der Waals surface area contributed by atoms with Crippen molar-refractivity contribution in [2.75, 3.05) is 0 Å². The van der Waals surface area contributed by atoms with Crippen molar-refractivity contribution in [2.24, 2.45) is 10.9 Å². The van der Waals surface area contributed by atoms with Gasteiger partial charge in [-0.15, -0.1) is 0 Å². The van der Waals surface area contributed by atoms with Crippen LogP contribution in [0, 0.1) is 19.8 Å². The van der Waals surface area contributed by atoms with Crippen molar-refractivity contribution in [3.8, 4) is 11.3 Å². The van der Waals surface area contributed by atoms with Gasteiger partial charge in [-0.2, -0.15) is 4.57 Å². The molecule has 2 bridgehead atoms. The normalized spacial score (nSPS) is 21.4. The second-order valence-electron chi connectivity index (χ2n) is 11.1. The lowest BCUT2D eigenvalue weighted by molar-refractivity contribution is -0.691. The molecule has 0 saturated carbocycles. The monoisotopic (exact) mass is 493 g/mol. The van der Waals surface area contributed by atoms with Gasteiger partial charge in [0, 0.05) is 33.9 Å². The van der Waals surface area contributed by atoms with Crippen LogP contribution < -0.4 is 4.57 Å². The second kappa shape index (κ2) is 7.88. The maximum absolute atomic E-state index is 6.66. The number of para-hydroxylation sites is 1. The van der Waals surface area contributed by atoms with E-state index < -0.39 is 0 Å². The summed E-state index contributed by atoms with van der Waals surface area (Å²) in [7, 11) is 0. The molecule has 3 unspecified atom stereocenters. The molecule has 0 saturated heterocycles. The van der Waals surface area contributed by atoms with Crippen LogP contribution in [0.4, 0.5) is 0 Å². The van der Waals surface area contributed by atoms with Gasteiger partial charge in [0.25, 0.3) is 0 Å². The third-order valence-electron chi connectivity index (χ3n) is 8.82. The molecule has 0 amide bonds. The fourth-order valence-electron chi connectivity index (χ4n) is 7.30. The molecular weight excluding hydrogens is 464 g/mol. The molecule has 3 aliphatic rings. The Kier molecular flexibility index (Phi) is 4.52. The molecule has 0 N–H and O–H groups in total. The molecule has 4 heterocycles. The van der Waals surface area contributed by atoms with Gasteiger partial charge < -0.3 is 4.42 Å². The molecule has 3 heteroatoms. The minimum absolute atomic E-state index is 0.186. The van der Waals surface area contributed by atoms with Crippen molar-refractivity contribution in [1.29, 1.82) is 0 Å². The van der Waals surface area contributed by atoms with Gasteiger partial charge in [0.05, 0.1) is 23.2 Å². The molecular formula is C35H29N2O+. The Balaban J connectivity index is 1.42. The van der Waals surface area contributed by atoms with Crippen LogP contribution in [-0.2, 0) is 13.0 Å². The molecule has 3 aromatic carbocycles. The van der Waals surface area contributed by atoms with E-state index in [-0.39, 0.29) is 12.0 Å². The topological polar surface area (TPSA) is 29.4 Å². The Labute approximate surface area is 222 Å². The van der Waals surface area contributed by atoms with Crippen molar-refractivity contribution in [3.05, 3.63) is 125 Å². The lowest BCUT2D eigenvalue weighted by atomic mass is 9.78. The molecule has 2 aliphatic heterocycles. The maximum atomic E-state index is 6.66. The first-order valence-electron chi connectivity index (χ1n) is 13.5. The first-order valence-corrected chi connectivity index (χ1v) is 13.5. The van der Waals surface area contributed by atoms with Crippen LogP contribution in [0.5, 0.6) is 0 Å². The van der Waals surface area contributed by atoms with Crippen LogP contribution in [0.25, 0.3) is 33.2 Å². The number of hydrogen-bond donors (Lipinski definition) is 0. The molecule has 1 aliphatic carbocycles. The number of fused-ring (bicyclic) bond motifs is 13. The van der Waals surface area contributed by atoms with Crippen LogP contribution in [0.2, 0.25) is 0 Å². The second-order valence-corrected chi connectivity index (χ2v) is 11.1. The summed E-state index contributed by atoms with van der Waals surface area (Å²) in [6.07, 6.45) is 7.66. The summed E-state index contributed by atoms with van der Waals surface area (Å²) in [4.78, 5) is 5.32. The Bertz CT molecular complexity index is 1890. The van der Waals surface area contributed by atoms with Crippen LogP contribution >= 0.6 is 0 Å². The van der Waals surface area contributed by atoms with Gasteiger partial charge in [-0.1, -0.05) is 66.8 Å². The van der Waals surface area contributed by atoms with E-state index in [1.54, 1.807) is 0 Å². The fourth-order valence-corrected chi connectivity index (χ4v) is 7.30. The number of allylic oxidation sites excluding steroid dienone is 1. The van der Waals surface area contributed by atoms with Gasteiger partial charge >= 0.3 is 0 Å². The predicted molar refractivity (Wildman–Crippen MR) is 154 cm³/mol. The van der Waals surface area contributed by atoms with Crippen LogP contribution in [-0.4, -0.2) is 11.8 Å². The van der Waals surface area contributed by atoms with Crippen molar-refractivity contribution < 1.29 is 8.98 Å². The largest absolute Gasteiger partial charge is 0.455 e. The van der Waals surface area contributed by atoms with Gasteiger partial charge in [-0.25, -0.2) is 0 Å². The number of hydrogen-bond acceptors (Lipinski definition) is 2. The van der Waals surface area contributed by atoms with Crippen molar-refractivity contribution in [1.82, 2.24) is 0 Å². The van der Waals surface area contributed by atoms with E-state index in [9.17, 15) is 0 Å². The summed E-state index contributed by atoms with van der Waals surface area (Å²) in [5, 5.41) is 2.42. The molecule has 2 aromatic heterocycles. The van der Waals surface area contributed by atoms with E-state index in [1.165, 1.54) is 55.4 Å². The van der Waals surface area contributed by atoms with Gasteiger partial charge in [0.15, 0.2) is 12.7 Å². The summed E-state index contributed by atoms with van der Waals surface area (Å²) in [5.41, 5.74) is 13.4. The minimum atomic E-state index is 0.186. The van der Waals surface area contributed by atoms with Crippen LogP contribution in [0.3, 0.4) is 0 Å². The Morgan fingerprint density at radius 1 is 1.03 bits per heavy atom. The number of furan rings is 1. The number of aliphatic imine (C=N–C) groups is 1. The molecule has 0 fully saturated rings. The zero-order chi connectivity index (χ0) is 25.5. The molecule has 3 atom stereocenters. The third-order valence-corrected chi connectivity index (χ3v) is 8.82. The zero-order valence-corrected chi connectivity index (χ0v) is 21.7. The Morgan fingerprint density at radius 2 is 1.87 bits per heavy atom. The number of aryl methyl sites for hydroxylation is 2. The summed E-state index contributed by atoms with van der Waals surface area (Å²) in [5.74, 6) is 0.594. The fraction of sp³-hybridized carbons (Fsp3) is 0.200. The molecule has 5 aromatic rings. The highest BCUT2D eigenvalue weighted by Crippen LogP contribution is 2.49. The smallest absolute Gasteiger partial charge is 0.216 e. The quantitative estimate of drug-likeness (QED) is 0.177.